The molecule has 3 rings (SSSR count). The van der Waals surface area contributed by atoms with Crippen molar-refractivity contribution in [2.24, 2.45) is 10.7 Å². The fraction of sp³-hybridized carbons (Fsp3) is 0.312. The standard InChI is InChI=1S/C16H19N5O/c1-10-6-2-4-8-12(10)18-15(17)21-16-19-13-9-5-3-7-11(13)14(22)20-16/h2,4,6,8H,3,5,7,9H2,1H3,(H4,17,18,19,20,21,22). The molecule has 0 radical (unpaired) electrons. The molecule has 0 fully saturated rings. The summed E-state index contributed by atoms with van der Waals surface area (Å²) in [6.07, 6.45) is 3.71. The van der Waals surface area contributed by atoms with Crippen LogP contribution >= 0.6 is 0 Å². The molecule has 1 aliphatic carbocycles. The van der Waals surface area contributed by atoms with Crippen LogP contribution in [0.3, 0.4) is 0 Å². The second-order valence-electron chi connectivity index (χ2n) is 5.46. The van der Waals surface area contributed by atoms with Crippen molar-refractivity contribution in [1.29, 1.82) is 0 Å². The molecule has 0 amide bonds. The number of nitrogens with two attached hydrogens (primary N) is 1. The monoisotopic (exact) mass is 297 g/mol. The SMILES string of the molecule is Cc1ccccc1NC(N)=Nc1nc2c(c(=O)[nH]1)CCCC2. The number of para-hydroxylation sites is 1. The van der Waals surface area contributed by atoms with E-state index in [0.29, 0.717) is 0 Å². The smallest absolute Gasteiger partial charge is 0.255 e. The van der Waals surface area contributed by atoms with Gasteiger partial charge in [0.2, 0.25) is 11.9 Å². The summed E-state index contributed by atoms with van der Waals surface area (Å²) in [5.74, 6) is 0.456. The van der Waals surface area contributed by atoms with Crippen molar-refractivity contribution < 1.29 is 0 Å². The van der Waals surface area contributed by atoms with Crippen LogP contribution in [-0.2, 0) is 12.8 Å². The van der Waals surface area contributed by atoms with Gasteiger partial charge in [0.25, 0.3) is 5.56 Å². The van der Waals surface area contributed by atoms with Gasteiger partial charge >= 0.3 is 0 Å². The van der Waals surface area contributed by atoms with E-state index in [9.17, 15) is 4.79 Å². The van der Waals surface area contributed by atoms with Crippen molar-refractivity contribution in [1.82, 2.24) is 9.97 Å². The van der Waals surface area contributed by atoms with Crippen molar-refractivity contribution >= 4 is 17.6 Å². The highest BCUT2D eigenvalue weighted by Crippen LogP contribution is 2.18. The van der Waals surface area contributed by atoms with Gasteiger partial charge < -0.3 is 11.1 Å². The maximum Gasteiger partial charge on any atom is 0.255 e. The van der Waals surface area contributed by atoms with E-state index in [0.717, 1.165) is 48.2 Å². The second kappa shape index (κ2) is 6.01. The number of benzene rings is 1. The molecule has 0 bridgehead atoms. The lowest BCUT2D eigenvalue weighted by Gasteiger charge is -2.13. The predicted molar refractivity (Wildman–Crippen MR) is 87.6 cm³/mol. The molecule has 0 aliphatic heterocycles. The summed E-state index contributed by atoms with van der Waals surface area (Å²) in [6.45, 7) is 1.98. The molecule has 1 aromatic heterocycles. The third-order valence-electron chi connectivity index (χ3n) is 3.81. The molecular weight excluding hydrogens is 278 g/mol. The Morgan fingerprint density at radius 3 is 2.91 bits per heavy atom. The first-order valence-electron chi connectivity index (χ1n) is 7.42. The molecule has 1 heterocycles. The van der Waals surface area contributed by atoms with Crippen LogP contribution < -0.4 is 16.6 Å². The van der Waals surface area contributed by atoms with Crippen molar-refractivity contribution in [2.75, 3.05) is 5.32 Å². The van der Waals surface area contributed by atoms with E-state index in [2.05, 4.69) is 20.3 Å². The molecule has 0 atom stereocenters. The summed E-state index contributed by atoms with van der Waals surface area (Å²) < 4.78 is 0. The van der Waals surface area contributed by atoms with E-state index in [1.807, 2.05) is 31.2 Å². The fourth-order valence-electron chi connectivity index (χ4n) is 2.64. The number of guanidine groups is 1. The number of aromatic amines is 1. The number of aromatic nitrogens is 2. The molecule has 0 unspecified atom stereocenters. The zero-order valence-electron chi connectivity index (χ0n) is 12.5. The molecule has 114 valence electrons. The van der Waals surface area contributed by atoms with Gasteiger partial charge in [-0.15, -0.1) is 0 Å². The first-order chi connectivity index (χ1) is 10.6. The average molecular weight is 297 g/mol. The summed E-state index contributed by atoms with van der Waals surface area (Å²) in [5, 5.41) is 3.02. The lowest BCUT2D eigenvalue weighted by atomic mass is 9.97. The van der Waals surface area contributed by atoms with Crippen LogP contribution in [0.4, 0.5) is 11.6 Å². The molecule has 22 heavy (non-hydrogen) atoms. The van der Waals surface area contributed by atoms with Crippen LogP contribution in [-0.4, -0.2) is 15.9 Å². The third-order valence-corrected chi connectivity index (χ3v) is 3.81. The molecule has 1 aromatic carbocycles. The van der Waals surface area contributed by atoms with Crippen molar-refractivity contribution in [2.45, 2.75) is 32.6 Å². The summed E-state index contributed by atoms with van der Waals surface area (Å²) in [4.78, 5) is 23.3. The van der Waals surface area contributed by atoms with Gasteiger partial charge in [-0.2, -0.15) is 4.99 Å². The molecule has 1 aliphatic rings. The number of hydrogen-bond donors (Lipinski definition) is 3. The van der Waals surface area contributed by atoms with E-state index in [1.165, 1.54) is 0 Å². The number of hydrogen-bond acceptors (Lipinski definition) is 3. The minimum atomic E-state index is -0.104. The number of fused-ring (bicyclic) bond motifs is 1. The zero-order valence-corrected chi connectivity index (χ0v) is 12.5. The van der Waals surface area contributed by atoms with Gasteiger partial charge in [-0.25, -0.2) is 4.98 Å². The Balaban J connectivity index is 1.87. The summed E-state index contributed by atoms with van der Waals surface area (Å²) in [7, 11) is 0. The number of nitrogens with one attached hydrogen (secondary N) is 2. The first-order valence-corrected chi connectivity index (χ1v) is 7.42. The largest absolute Gasteiger partial charge is 0.369 e. The Morgan fingerprint density at radius 2 is 2.09 bits per heavy atom. The quantitative estimate of drug-likeness (QED) is 0.583. The number of rotatable bonds is 2. The van der Waals surface area contributed by atoms with Gasteiger partial charge in [-0.05, 0) is 44.2 Å². The van der Waals surface area contributed by atoms with Crippen LogP contribution in [0.5, 0.6) is 0 Å². The number of aryl methyl sites for hydroxylation is 2. The van der Waals surface area contributed by atoms with Gasteiger partial charge in [0, 0.05) is 11.3 Å². The summed E-state index contributed by atoms with van der Waals surface area (Å²) >= 11 is 0. The first kappa shape index (κ1) is 14.3. The number of aliphatic imine (C=N–C) groups is 1. The minimum Gasteiger partial charge on any atom is -0.369 e. The molecule has 0 saturated heterocycles. The molecule has 2 aromatic rings. The van der Waals surface area contributed by atoms with Crippen LogP contribution in [0.1, 0.15) is 29.7 Å². The predicted octanol–water partition coefficient (Wildman–Crippen LogP) is 2.02. The minimum absolute atomic E-state index is 0.104. The molecule has 6 nitrogen and oxygen atoms in total. The molecule has 0 spiro atoms. The highest BCUT2D eigenvalue weighted by Gasteiger charge is 2.15. The van der Waals surface area contributed by atoms with E-state index in [1.54, 1.807) is 0 Å². The molecule has 4 N–H and O–H groups in total. The normalized spacial score (nSPS) is 14.5. The van der Waals surface area contributed by atoms with Gasteiger partial charge in [0.15, 0.2) is 0 Å². The molecule has 0 saturated carbocycles. The van der Waals surface area contributed by atoms with Crippen molar-refractivity contribution in [3.05, 3.63) is 51.4 Å². The fourth-order valence-corrected chi connectivity index (χ4v) is 2.64. The summed E-state index contributed by atoms with van der Waals surface area (Å²) in [5.41, 5.74) is 9.38. The molecular formula is C16H19N5O. The maximum absolute atomic E-state index is 12.1. The van der Waals surface area contributed by atoms with E-state index >= 15 is 0 Å². The Hall–Kier alpha value is -2.63. The van der Waals surface area contributed by atoms with E-state index < -0.39 is 0 Å². The third kappa shape index (κ3) is 3.00. The lowest BCUT2D eigenvalue weighted by Crippen LogP contribution is -2.24. The molecule has 6 heteroatoms. The van der Waals surface area contributed by atoms with Gasteiger partial charge in [-0.3, -0.25) is 9.78 Å². The summed E-state index contributed by atoms with van der Waals surface area (Å²) in [6, 6.07) is 7.77. The van der Waals surface area contributed by atoms with Gasteiger partial charge in [-0.1, -0.05) is 18.2 Å². The van der Waals surface area contributed by atoms with Crippen LogP contribution in [0.25, 0.3) is 0 Å². The highest BCUT2D eigenvalue weighted by atomic mass is 16.1. The maximum atomic E-state index is 12.1. The number of nitrogens with zero attached hydrogens (tertiary/aromatic N) is 2. The zero-order chi connectivity index (χ0) is 15.5. The Kier molecular flexibility index (Phi) is 3.91. The van der Waals surface area contributed by atoms with E-state index in [-0.39, 0.29) is 17.5 Å². The van der Waals surface area contributed by atoms with Crippen molar-refractivity contribution in [3.8, 4) is 0 Å². The van der Waals surface area contributed by atoms with Gasteiger partial charge in [0.05, 0.1) is 5.69 Å². The van der Waals surface area contributed by atoms with E-state index in [4.69, 9.17) is 5.73 Å². The van der Waals surface area contributed by atoms with Gasteiger partial charge in [0.1, 0.15) is 0 Å². The number of anilines is 1. The Morgan fingerprint density at radius 1 is 1.32 bits per heavy atom. The topological polar surface area (TPSA) is 96.2 Å². The van der Waals surface area contributed by atoms with Crippen LogP contribution in [0.2, 0.25) is 0 Å². The Bertz CT molecular complexity index is 778. The number of H-pyrrole nitrogens is 1. The highest BCUT2D eigenvalue weighted by molar-refractivity contribution is 5.94. The second-order valence-corrected chi connectivity index (χ2v) is 5.46. The van der Waals surface area contributed by atoms with Crippen LogP contribution in [0.15, 0.2) is 34.1 Å². The van der Waals surface area contributed by atoms with Crippen molar-refractivity contribution in [3.63, 3.8) is 0 Å². The average Bonchev–Trinajstić information content (AvgIpc) is 2.49. The Labute approximate surface area is 128 Å². The lowest BCUT2D eigenvalue weighted by molar-refractivity contribution is 0.657. The van der Waals surface area contributed by atoms with Crippen LogP contribution in [0, 0.1) is 6.92 Å².